The Labute approximate surface area is 119 Å². The van der Waals surface area contributed by atoms with Crippen molar-refractivity contribution in [1.82, 2.24) is 0 Å². The van der Waals surface area contributed by atoms with Gasteiger partial charge in [-0.1, -0.05) is 24.3 Å². The maximum Gasteiger partial charge on any atom is 0.146 e. The molecule has 2 aromatic rings. The molecule has 1 atom stereocenters. The zero-order chi connectivity index (χ0) is 13.0. The van der Waals surface area contributed by atoms with Crippen LogP contribution in [0.2, 0.25) is 0 Å². The van der Waals surface area contributed by atoms with Gasteiger partial charge in [-0.25, -0.2) is 4.39 Å². The van der Waals surface area contributed by atoms with E-state index in [2.05, 4.69) is 27.9 Å². The van der Waals surface area contributed by atoms with Crippen molar-refractivity contribution < 1.29 is 9.50 Å². The van der Waals surface area contributed by atoms with Crippen LogP contribution in [0.1, 0.15) is 11.6 Å². The molecule has 0 saturated carbocycles. The highest BCUT2D eigenvalue weighted by atomic mass is 127. The Morgan fingerprint density at radius 1 is 1.11 bits per heavy atom. The Bertz CT molecular complexity index is 515. The molecule has 2 N–H and O–H groups in total. The van der Waals surface area contributed by atoms with Gasteiger partial charge in [0.1, 0.15) is 5.82 Å². The topological polar surface area (TPSA) is 32.3 Å². The summed E-state index contributed by atoms with van der Waals surface area (Å²) in [5, 5.41) is 12.4. The van der Waals surface area contributed by atoms with Crippen molar-refractivity contribution in [3.63, 3.8) is 0 Å². The van der Waals surface area contributed by atoms with Crippen molar-refractivity contribution in [2.75, 3.05) is 11.9 Å². The molecule has 2 nitrogen and oxygen atoms in total. The summed E-state index contributed by atoms with van der Waals surface area (Å²) in [5.74, 6) is -0.318. The average molecular weight is 357 g/mol. The van der Waals surface area contributed by atoms with Gasteiger partial charge in [0.2, 0.25) is 0 Å². The maximum absolute atomic E-state index is 13.5. The summed E-state index contributed by atoms with van der Waals surface area (Å²) in [4.78, 5) is 0. The third-order valence-electron chi connectivity index (χ3n) is 2.66. The molecule has 0 aliphatic heterocycles. The van der Waals surface area contributed by atoms with E-state index >= 15 is 0 Å². The molecule has 0 radical (unpaired) electrons. The molecule has 94 valence electrons. The number of nitrogens with one attached hydrogen (secondary N) is 1. The van der Waals surface area contributed by atoms with Crippen LogP contribution < -0.4 is 5.32 Å². The standard InChI is InChI=1S/C14H13FINO/c15-12-3-1-2-4-13(12)17-14(9-18)10-5-7-11(16)8-6-10/h1-8,14,17-18H,9H2. The molecule has 0 saturated heterocycles. The maximum atomic E-state index is 13.5. The predicted octanol–water partition coefficient (Wildman–Crippen LogP) is 3.58. The van der Waals surface area contributed by atoms with Gasteiger partial charge in [-0.05, 0) is 52.4 Å². The van der Waals surface area contributed by atoms with Crippen LogP contribution >= 0.6 is 22.6 Å². The van der Waals surface area contributed by atoms with Crippen LogP contribution in [0.5, 0.6) is 0 Å². The molecule has 0 aliphatic carbocycles. The summed E-state index contributed by atoms with van der Waals surface area (Å²) in [6.07, 6.45) is 0. The minimum atomic E-state index is -0.318. The Morgan fingerprint density at radius 2 is 1.78 bits per heavy atom. The van der Waals surface area contributed by atoms with E-state index in [-0.39, 0.29) is 18.5 Å². The number of aliphatic hydroxyl groups excluding tert-OH is 1. The second-order valence-electron chi connectivity index (χ2n) is 3.91. The summed E-state index contributed by atoms with van der Waals surface area (Å²) >= 11 is 2.22. The zero-order valence-electron chi connectivity index (χ0n) is 9.61. The van der Waals surface area contributed by atoms with Crippen LogP contribution in [0.4, 0.5) is 10.1 Å². The van der Waals surface area contributed by atoms with Crippen molar-refractivity contribution in [3.8, 4) is 0 Å². The minimum absolute atomic E-state index is 0.0884. The molecule has 0 bridgehead atoms. The molecule has 0 spiro atoms. The summed E-state index contributed by atoms with van der Waals surface area (Å²) < 4.78 is 14.6. The summed E-state index contributed by atoms with van der Waals surface area (Å²) in [6, 6.07) is 13.9. The van der Waals surface area contributed by atoms with Crippen LogP contribution in [0.25, 0.3) is 0 Å². The SMILES string of the molecule is OCC(Nc1ccccc1F)c1ccc(I)cc1. The van der Waals surface area contributed by atoms with Gasteiger partial charge < -0.3 is 10.4 Å². The van der Waals surface area contributed by atoms with E-state index in [0.717, 1.165) is 9.13 Å². The first kappa shape index (κ1) is 13.3. The second-order valence-corrected chi connectivity index (χ2v) is 5.16. The van der Waals surface area contributed by atoms with Crippen LogP contribution in [-0.4, -0.2) is 11.7 Å². The van der Waals surface area contributed by atoms with Crippen LogP contribution in [-0.2, 0) is 0 Å². The van der Waals surface area contributed by atoms with Crippen molar-refractivity contribution in [1.29, 1.82) is 0 Å². The molecule has 1 unspecified atom stereocenters. The smallest absolute Gasteiger partial charge is 0.146 e. The highest BCUT2D eigenvalue weighted by Gasteiger charge is 2.11. The molecule has 2 rings (SSSR count). The van der Waals surface area contributed by atoms with Crippen LogP contribution in [0, 0.1) is 9.39 Å². The van der Waals surface area contributed by atoms with Gasteiger partial charge in [-0.15, -0.1) is 0 Å². The Morgan fingerprint density at radius 3 is 2.39 bits per heavy atom. The van der Waals surface area contributed by atoms with E-state index in [9.17, 15) is 9.50 Å². The third kappa shape index (κ3) is 3.20. The number of aliphatic hydroxyl groups is 1. The largest absolute Gasteiger partial charge is 0.394 e. The van der Waals surface area contributed by atoms with E-state index in [1.807, 2.05) is 24.3 Å². The molecule has 0 heterocycles. The quantitative estimate of drug-likeness (QED) is 0.820. The molecule has 2 aromatic carbocycles. The normalized spacial score (nSPS) is 12.2. The number of hydrogen-bond acceptors (Lipinski definition) is 2. The fraction of sp³-hybridized carbons (Fsp3) is 0.143. The Kier molecular flexibility index (Phi) is 4.54. The number of para-hydroxylation sites is 1. The van der Waals surface area contributed by atoms with E-state index in [0.29, 0.717) is 5.69 Å². The lowest BCUT2D eigenvalue weighted by molar-refractivity contribution is 0.276. The number of rotatable bonds is 4. The van der Waals surface area contributed by atoms with E-state index in [1.165, 1.54) is 6.07 Å². The average Bonchev–Trinajstić information content (AvgIpc) is 2.39. The number of anilines is 1. The van der Waals surface area contributed by atoms with Gasteiger partial charge in [-0.2, -0.15) is 0 Å². The number of benzene rings is 2. The van der Waals surface area contributed by atoms with E-state index in [4.69, 9.17) is 0 Å². The molecule has 0 aromatic heterocycles. The summed E-state index contributed by atoms with van der Waals surface area (Å²) in [7, 11) is 0. The zero-order valence-corrected chi connectivity index (χ0v) is 11.8. The van der Waals surface area contributed by atoms with Gasteiger partial charge in [0.25, 0.3) is 0 Å². The van der Waals surface area contributed by atoms with Crippen LogP contribution in [0.3, 0.4) is 0 Å². The fourth-order valence-corrected chi connectivity index (χ4v) is 2.06. The fourth-order valence-electron chi connectivity index (χ4n) is 1.70. The number of hydrogen-bond donors (Lipinski definition) is 2. The molecular weight excluding hydrogens is 344 g/mol. The van der Waals surface area contributed by atoms with Crippen molar-refractivity contribution >= 4 is 28.3 Å². The van der Waals surface area contributed by atoms with Crippen molar-refractivity contribution in [2.24, 2.45) is 0 Å². The first-order valence-corrected chi connectivity index (χ1v) is 6.66. The van der Waals surface area contributed by atoms with Crippen molar-refractivity contribution in [2.45, 2.75) is 6.04 Å². The van der Waals surface area contributed by atoms with Gasteiger partial charge in [0.15, 0.2) is 0 Å². The number of halogens is 2. The van der Waals surface area contributed by atoms with Gasteiger partial charge in [0.05, 0.1) is 18.3 Å². The lowest BCUT2D eigenvalue weighted by Crippen LogP contribution is -2.15. The van der Waals surface area contributed by atoms with Gasteiger partial charge >= 0.3 is 0 Å². The van der Waals surface area contributed by atoms with Crippen molar-refractivity contribution in [3.05, 3.63) is 63.5 Å². The monoisotopic (exact) mass is 357 g/mol. The Hall–Kier alpha value is -1.14. The highest BCUT2D eigenvalue weighted by Crippen LogP contribution is 2.22. The summed E-state index contributed by atoms with van der Waals surface area (Å²) in [5.41, 5.74) is 1.33. The van der Waals surface area contributed by atoms with E-state index < -0.39 is 0 Å². The second kappa shape index (κ2) is 6.15. The third-order valence-corrected chi connectivity index (χ3v) is 3.38. The summed E-state index contributed by atoms with van der Waals surface area (Å²) in [6.45, 7) is -0.0884. The molecule has 18 heavy (non-hydrogen) atoms. The molecule has 0 aliphatic rings. The minimum Gasteiger partial charge on any atom is -0.394 e. The first-order valence-electron chi connectivity index (χ1n) is 5.58. The predicted molar refractivity (Wildman–Crippen MR) is 79.0 cm³/mol. The van der Waals surface area contributed by atoms with E-state index in [1.54, 1.807) is 18.2 Å². The molecule has 0 fully saturated rings. The molecular formula is C14H13FINO. The van der Waals surface area contributed by atoms with Gasteiger partial charge in [-0.3, -0.25) is 0 Å². The molecule has 0 amide bonds. The van der Waals surface area contributed by atoms with Crippen LogP contribution in [0.15, 0.2) is 48.5 Å². The lowest BCUT2D eigenvalue weighted by atomic mass is 10.1. The lowest BCUT2D eigenvalue weighted by Gasteiger charge is -2.18. The Balaban J connectivity index is 2.20. The highest BCUT2D eigenvalue weighted by molar-refractivity contribution is 14.1. The first-order chi connectivity index (χ1) is 8.70. The van der Waals surface area contributed by atoms with Gasteiger partial charge in [0, 0.05) is 3.57 Å². The molecule has 4 heteroatoms.